The third kappa shape index (κ3) is 2.63. The first-order valence-corrected chi connectivity index (χ1v) is 7.82. The molecule has 1 unspecified atom stereocenters. The fourth-order valence-electron chi connectivity index (χ4n) is 2.31. The van der Waals surface area contributed by atoms with Crippen molar-refractivity contribution < 1.29 is 24.2 Å². The molecule has 1 fully saturated rings. The number of rotatable bonds is 2. The number of carbonyl (C=O) groups excluding carboxylic acids is 1. The maximum atomic E-state index is 12.6. The van der Waals surface area contributed by atoms with Gasteiger partial charge in [0, 0.05) is 23.6 Å². The molecule has 1 N–H and O–H groups in total. The molecule has 1 aromatic carbocycles. The van der Waals surface area contributed by atoms with E-state index in [1.165, 1.54) is 28.8 Å². The lowest BCUT2D eigenvalue weighted by Crippen LogP contribution is -2.50. The molecule has 2 heterocycles. The first-order valence-electron chi connectivity index (χ1n) is 6.28. The van der Waals surface area contributed by atoms with E-state index >= 15 is 0 Å². The van der Waals surface area contributed by atoms with Crippen LogP contribution in [0.25, 0.3) is 0 Å². The molecular formula is C13H12ClNO5S. The summed E-state index contributed by atoms with van der Waals surface area (Å²) in [6.45, 7) is 0.456. The summed E-state index contributed by atoms with van der Waals surface area (Å²) in [7, 11) is 0. The molecule has 0 spiro atoms. The number of aliphatic carboxylic acids is 1. The molecule has 2 aliphatic heterocycles. The number of hydrogen-bond acceptors (Lipinski definition) is 5. The Morgan fingerprint density at radius 1 is 1.38 bits per heavy atom. The van der Waals surface area contributed by atoms with Gasteiger partial charge in [0.1, 0.15) is 6.04 Å². The number of ether oxygens (including phenoxy) is 2. The molecule has 0 saturated carbocycles. The molecular weight excluding hydrogens is 318 g/mol. The summed E-state index contributed by atoms with van der Waals surface area (Å²) in [4.78, 5) is 25.2. The normalized spacial score (nSPS) is 20.4. The first-order chi connectivity index (χ1) is 10.1. The minimum absolute atomic E-state index is 0.0603. The van der Waals surface area contributed by atoms with Crippen LogP contribution >= 0.6 is 23.4 Å². The van der Waals surface area contributed by atoms with Gasteiger partial charge in [-0.3, -0.25) is 4.79 Å². The second-order valence-corrected chi connectivity index (χ2v) is 6.18. The zero-order chi connectivity index (χ0) is 15.0. The largest absolute Gasteiger partial charge is 0.480 e. The maximum Gasteiger partial charge on any atom is 0.327 e. The number of carboxylic acid groups (broad SMARTS) is 1. The molecule has 6 nitrogen and oxygen atoms in total. The summed E-state index contributed by atoms with van der Waals surface area (Å²) >= 11 is 7.59. The van der Waals surface area contributed by atoms with E-state index in [0.29, 0.717) is 35.1 Å². The predicted octanol–water partition coefficient (Wildman–Crippen LogP) is 1.71. The number of fused-ring (bicyclic) bond motifs is 1. The van der Waals surface area contributed by atoms with Crippen LogP contribution in [0, 0.1) is 0 Å². The monoisotopic (exact) mass is 329 g/mol. The van der Waals surface area contributed by atoms with Crippen LogP contribution < -0.4 is 9.47 Å². The van der Waals surface area contributed by atoms with Crippen LogP contribution in [0.3, 0.4) is 0 Å². The highest BCUT2D eigenvalue weighted by Gasteiger charge is 2.33. The van der Waals surface area contributed by atoms with Gasteiger partial charge < -0.3 is 19.5 Å². The standard InChI is InChI=1S/C13H12ClNO5S/c14-8-3-7(4-10-11(8)20-6-19-10)12(16)15-1-2-21-5-9(15)13(17)18/h3-4,9H,1-2,5-6H2,(H,17,18). The minimum atomic E-state index is -0.998. The van der Waals surface area contributed by atoms with Gasteiger partial charge in [-0.25, -0.2) is 4.79 Å². The molecule has 1 amide bonds. The molecule has 2 aliphatic rings. The van der Waals surface area contributed by atoms with Crippen LogP contribution in [0.2, 0.25) is 5.02 Å². The molecule has 0 bridgehead atoms. The van der Waals surface area contributed by atoms with Crippen molar-refractivity contribution >= 4 is 35.2 Å². The van der Waals surface area contributed by atoms with Crippen LogP contribution in [0.1, 0.15) is 10.4 Å². The molecule has 1 atom stereocenters. The Bertz CT molecular complexity index is 608. The topological polar surface area (TPSA) is 76.1 Å². The number of carbonyl (C=O) groups is 2. The molecule has 0 radical (unpaired) electrons. The quantitative estimate of drug-likeness (QED) is 0.890. The van der Waals surface area contributed by atoms with Crippen molar-refractivity contribution in [2.45, 2.75) is 6.04 Å². The van der Waals surface area contributed by atoms with Crippen LogP contribution in [0.5, 0.6) is 11.5 Å². The van der Waals surface area contributed by atoms with Gasteiger partial charge in [0.05, 0.1) is 5.02 Å². The average molecular weight is 330 g/mol. The summed E-state index contributed by atoms with van der Waals surface area (Å²) in [5.74, 6) is 0.569. The van der Waals surface area contributed by atoms with Gasteiger partial charge in [-0.15, -0.1) is 0 Å². The Kier molecular flexibility index (Phi) is 3.86. The zero-order valence-electron chi connectivity index (χ0n) is 10.9. The number of halogens is 1. The van der Waals surface area contributed by atoms with E-state index in [9.17, 15) is 14.7 Å². The maximum absolute atomic E-state index is 12.6. The van der Waals surface area contributed by atoms with Crippen molar-refractivity contribution in [3.05, 3.63) is 22.7 Å². The second kappa shape index (κ2) is 5.65. The fourth-order valence-corrected chi connectivity index (χ4v) is 3.61. The summed E-state index contributed by atoms with van der Waals surface area (Å²) in [6.07, 6.45) is 0. The number of thioether (sulfide) groups is 1. The van der Waals surface area contributed by atoms with E-state index in [4.69, 9.17) is 21.1 Å². The second-order valence-electron chi connectivity index (χ2n) is 4.62. The zero-order valence-corrected chi connectivity index (χ0v) is 12.4. The number of benzene rings is 1. The minimum Gasteiger partial charge on any atom is -0.480 e. The molecule has 112 valence electrons. The first kappa shape index (κ1) is 14.3. The van der Waals surface area contributed by atoms with Crippen molar-refractivity contribution in [3.8, 4) is 11.5 Å². The molecule has 21 heavy (non-hydrogen) atoms. The van der Waals surface area contributed by atoms with Crippen molar-refractivity contribution in [1.82, 2.24) is 4.90 Å². The Labute approximate surface area is 130 Å². The molecule has 1 saturated heterocycles. The van der Waals surface area contributed by atoms with Crippen LogP contribution in [-0.4, -0.2) is 52.8 Å². The van der Waals surface area contributed by atoms with E-state index in [1.807, 2.05) is 0 Å². The highest BCUT2D eigenvalue weighted by molar-refractivity contribution is 7.99. The summed E-state index contributed by atoms with van der Waals surface area (Å²) in [5.41, 5.74) is 0.308. The Morgan fingerprint density at radius 2 is 2.19 bits per heavy atom. The number of nitrogens with zero attached hydrogens (tertiary/aromatic N) is 1. The lowest BCUT2D eigenvalue weighted by Gasteiger charge is -2.32. The van der Waals surface area contributed by atoms with Gasteiger partial charge in [0.25, 0.3) is 5.91 Å². The lowest BCUT2D eigenvalue weighted by molar-refractivity contribution is -0.141. The highest BCUT2D eigenvalue weighted by Crippen LogP contribution is 2.40. The van der Waals surface area contributed by atoms with Crippen LogP contribution in [0.4, 0.5) is 0 Å². The van der Waals surface area contributed by atoms with Crippen molar-refractivity contribution in [2.24, 2.45) is 0 Å². The van der Waals surface area contributed by atoms with E-state index in [0.717, 1.165) is 0 Å². The SMILES string of the molecule is O=C(O)C1CSCCN1C(=O)c1cc(Cl)c2c(c1)OCO2. The smallest absolute Gasteiger partial charge is 0.327 e. The summed E-state index contributed by atoms with van der Waals surface area (Å²) in [6, 6.07) is 2.20. The van der Waals surface area contributed by atoms with E-state index in [2.05, 4.69) is 0 Å². The third-order valence-corrected chi connectivity index (χ3v) is 4.65. The Balaban J connectivity index is 1.91. The fraction of sp³-hybridized carbons (Fsp3) is 0.385. The Hall–Kier alpha value is -1.60. The lowest BCUT2D eigenvalue weighted by atomic mass is 10.1. The summed E-state index contributed by atoms with van der Waals surface area (Å²) in [5, 5.41) is 9.52. The van der Waals surface area contributed by atoms with Gasteiger partial charge in [-0.05, 0) is 12.1 Å². The van der Waals surface area contributed by atoms with Gasteiger partial charge in [0.15, 0.2) is 11.5 Å². The van der Waals surface area contributed by atoms with Crippen LogP contribution in [-0.2, 0) is 4.79 Å². The van der Waals surface area contributed by atoms with Crippen molar-refractivity contribution in [3.63, 3.8) is 0 Å². The van der Waals surface area contributed by atoms with Gasteiger partial charge in [0.2, 0.25) is 6.79 Å². The predicted molar refractivity (Wildman–Crippen MR) is 77.4 cm³/mol. The molecule has 0 aromatic heterocycles. The number of carboxylic acids is 1. The van der Waals surface area contributed by atoms with Gasteiger partial charge in [-0.2, -0.15) is 11.8 Å². The average Bonchev–Trinajstić information content (AvgIpc) is 2.95. The molecule has 8 heteroatoms. The van der Waals surface area contributed by atoms with Crippen molar-refractivity contribution in [2.75, 3.05) is 24.8 Å². The third-order valence-electron chi connectivity index (χ3n) is 3.35. The molecule has 3 rings (SSSR count). The number of hydrogen-bond donors (Lipinski definition) is 1. The van der Waals surface area contributed by atoms with Gasteiger partial charge in [-0.1, -0.05) is 11.6 Å². The molecule has 0 aliphatic carbocycles. The Morgan fingerprint density at radius 3 is 2.95 bits per heavy atom. The van der Waals surface area contributed by atoms with E-state index in [1.54, 1.807) is 0 Å². The van der Waals surface area contributed by atoms with E-state index < -0.39 is 12.0 Å². The van der Waals surface area contributed by atoms with Gasteiger partial charge >= 0.3 is 5.97 Å². The number of amides is 1. The van der Waals surface area contributed by atoms with Crippen molar-refractivity contribution in [1.29, 1.82) is 0 Å². The van der Waals surface area contributed by atoms with E-state index in [-0.39, 0.29) is 17.7 Å². The highest BCUT2D eigenvalue weighted by atomic mass is 35.5. The van der Waals surface area contributed by atoms with Crippen LogP contribution in [0.15, 0.2) is 12.1 Å². The molecule has 1 aromatic rings. The summed E-state index contributed by atoms with van der Waals surface area (Å²) < 4.78 is 10.4.